The van der Waals surface area contributed by atoms with E-state index in [0.29, 0.717) is 25.6 Å². The Bertz CT molecular complexity index is 1210. The van der Waals surface area contributed by atoms with Gasteiger partial charge in [-0.2, -0.15) is 5.26 Å². The zero-order valence-corrected chi connectivity index (χ0v) is 19.7. The Hall–Kier alpha value is -3.43. The highest BCUT2D eigenvalue weighted by Crippen LogP contribution is 2.32. The fourth-order valence-electron chi connectivity index (χ4n) is 4.85. The molecular formula is C27H30N4O2. The van der Waals surface area contributed by atoms with Gasteiger partial charge in [-0.05, 0) is 68.4 Å². The average molecular weight is 443 g/mol. The third-order valence-electron chi connectivity index (χ3n) is 6.57. The van der Waals surface area contributed by atoms with E-state index in [2.05, 4.69) is 24.0 Å². The van der Waals surface area contributed by atoms with Gasteiger partial charge in [0.25, 0.3) is 5.91 Å². The lowest BCUT2D eigenvalue weighted by Crippen LogP contribution is -2.38. The molecule has 0 spiro atoms. The number of methoxy groups -OCH3 is 1. The van der Waals surface area contributed by atoms with Crippen LogP contribution in [0.15, 0.2) is 36.4 Å². The monoisotopic (exact) mass is 442 g/mol. The molecule has 6 nitrogen and oxygen atoms in total. The number of aromatic nitrogens is 2. The maximum Gasteiger partial charge on any atom is 0.254 e. The number of H-pyrrole nitrogens is 1. The van der Waals surface area contributed by atoms with E-state index in [1.807, 2.05) is 49.1 Å². The van der Waals surface area contributed by atoms with Crippen LogP contribution in [0.25, 0.3) is 11.3 Å². The molecule has 6 heteroatoms. The molecule has 0 radical (unpaired) electrons. The molecule has 0 saturated carbocycles. The molecule has 0 aliphatic carbocycles. The highest BCUT2D eigenvalue weighted by Gasteiger charge is 2.27. The first-order chi connectivity index (χ1) is 15.9. The number of nitriles is 1. The standard InChI is InChI=1S/C27H30N4O2/c1-17-13-18(2)24(14-23(17)26-19(3)29-25(30-26)16-33-4)27(32)31-11-9-20(10-12-31)22-8-6-5-7-21(22)15-28/h5-8,13-14,20H,9-12,16H2,1-4H3,(H,29,30). The fourth-order valence-corrected chi connectivity index (χ4v) is 4.85. The van der Waals surface area contributed by atoms with E-state index < -0.39 is 0 Å². The van der Waals surface area contributed by atoms with Gasteiger partial charge < -0.3 is 14.6 Å². The number of nitrogens with zero attached hydrogens (tertiary/aromatic N) is 3. The average Bonchev–Trinajstić information content (AvgIpc) is 3.18. The third kappa shape index (κ3) is 4.55. The van der Waals surface area contributed by atoms with Gasteiger partial charge >= 0.3 is 0 Å². The quantitative estimate of drug-likeness (QED) is 0.600. The van der Waals surface area contributed by atoms with Gasteiger partial charge in [-0.25, -0.2) is 4.98 Å². The first-order valence-electron chi connectivity index (χ1n) is 11.4. The van der Waals surface area contributed by atoms with Gasteiger partial charge in [-0.15, -0.1) is 0 Å². The molecule has 1 aliphatic rings. The van der Waals surface area contributed by atoms with Crippen molar-refractivity contribution in [2.75, 3.05) is 20.2 Å². The van der Waals surface area contributed by atoms with Crippen LogP contribution < -0.4 is 0 Å². The zero-order chi connectivity index (χ0) is 23.5. The molecule has 0 atom stereocenters. The van der Waals surface area contributed by atoms with Crippen LogP contribution in [0.2, 0.25) is 0 Å². The van der Waals surface area contributed by atoms with Crippen molar-refractivity contribution in [1.82, 2.24) is 14.9 Å². The summed E-state index contributed by atoms with van der Waals surface area (Å²) in [6, 6.07) is 14.2. The molecule has 1 N–H and O–H groups in total. The van der Waals surface area contributed by atoms with Crippen LogP contribution in [0.3, 0.4) is 0 Å². The maximum atomic E-state index is 13.5. The molecule has 2 aromatic carbocycles. The predicted molar refractivity (Wildman–Crippen MR) is 128 cm³/mol. The number of likely N-dealkylation sites (tertiary alicyclic amines) is 1. The lowest BCUT2D eigenvalue weighted by atomic mass is 9.86. The molecule has 2 heterocycles. The molecule has 1 amide bonds. The van der Waals surface area contributed by atoms with Crippen molar-refractivity contribution in [3.05, 3.63) is 75.7 Å². The van der Waals surface area contributed by atoms with Crippen LogP contribution in [0.1, 0.15) is 62.9 Å². The Kier molecular flexibility index (Phi) is 6.62. The van der Waals surface area contributed by atoms with Crippen molar-refractivity contribution in [3.8, 4) is 17.3 Å². The van der Waals surface area contributed by atoms with Crippen LogP contribution in [0.4, 0.5) is 0 Å². The number of ether oxygens (including phenoxy) is 1. The molecule has 170 valence electrons. The second-order valence-electron chi connectivity index (χ2n) is 8.84. The summed E-state index contributed by atoms with van der Waals surface area (Å²) >= 11 is 0. The molecule has 1 aliphatic heterocycles. The second kappa shape index (κ2) is 9.60. The number of carbonyl (C=O) groups excluding carboxylic acids is 1. The lowest BCUT2D eigenvalue weighted by molar-refractivity contribution is 0.0712. The van der Waals surface area contributed by atoms with Gasteiger partial charge in [0.15, 0.2) is 0 Å². The van der Waals surface area contributed by atoms with Crippen molar-refractivity contribution in [2.45, 2.75) is 46.1 Å². The van der Waals surface area contributed by atoms with Crippen LogP contribution in [-0.2, 0) is 11.3 Å². The smallest absolute Gasteiger partial charge is 0.254 e. The summed E-state index contributed by atoms with van der Waals surface area (Å²) < 4.78 is 5.21. The van der Waals surface area contributed by atoms with E-state index in [9.17, 15) is 10.1 Å². The summed E-state index contributed by atoms with van der Waals surface area (Å²) in [6.45, 7) is 7.83. The Labute approximate surface area is 195 Å². The Balaban J connectivity index is 1.56. The summed E-state index contributed by atoms with van der Waals surface area (Å²) in [5.74, 6) is 1.15. The molecular weight excluding hydrogens is 412 g/mol. The predicted octanol–water partition coefficient (Wildman–Crippen LogP) is 5.04. The molecule has 3 aromatic rings. The zero-order valence-electron chi connectivity index (χ0n) is 19.7. The summed E-state index contributed by atoms with van der Waals surface area (Å²) in [6.07, 6.45) is 1.72. The van der Waals surface area contributed by atoms with Crippen LogP contribution in [-0.4, -0.2) is 41.0 Å². The van der Waals surface area contributed by atoms with Crippen molar-refractivity contribution >= 4 is 5.91 Å². The Morgan fingerprint density at radius 3 is 2.61 bits per heavy atom. The summed E-state index contributed by atoms with van der Waals surface area (Å²) in [5, 5.41) is 9.43. The molecule has 0 bridgehead atoms. The highest BCUT2D eigenvalue weighted by atomic mass is 16.5. The van der Waals surface area contributed by atoms with Gasteiger partial charge in [0.2, 0.25) is 0 Å². The molecule has 0 unspecified atom stereocenters. The van der Waals surface area contributed by atoms with Crippen molar-refractivity contribution in [3.63, 3.8) is 0 Å². The lowest BCUT2D eigenvalue weighted by Gasteiger charge is -2.33. The molecule has 33 heavy (non-hydrogen) atoms. The maximum absolute atomic E-state index is 13.5. The number of rotatable bonds is 5. The molecule has 4 rings (SSSR count). The number of benzene rings is 2. The second-order valence-corrected chi connectivity index (χ2v) is 8.84. The summed E-state index contributed by atoms with van der Waals surface area (Å²) in [4.78, 5) is 23.4. The van der Waals surface area contributed by atoms with Gasteiger partial charge in [0, 0.05) is 37.0 Å². The summed E-state index contributed by atoms with van der Waals surface area (Å²) in [5.41, 5.74) is 7.42. The topological polar surface area (TPSA) is 82.0 Å². The van der Waals surface area contributed by atoms with Crippen LogP contribution in [0, 0.1) is 32.1 Å². The van der Waals surface area contributed by atoms with Gasteiger partial charge in [-0.3, -0.25) is 4.79 Å². The SMILES string of the molecule is COCc1nc(-c2cc(C(=O)N3CCC(c4ccccc4C#N)CC3)c(C)cc2C)c(C)[nH]1. The van der Waals surface area contributed by atoms with Crippen molar-refractivity contribution < 1.29 is 9.53 Å². The fraction of sp³-hybridized carbons (Fsp3) is 0.370. The van der Waals surface area contributed by atoms with E-state index in [0.717, 1.165) is 63.4 Å². The number of hydrogen-bond donors (Lipinski definition) is 1. The minimum absolute atomic E-state index is 0.0612. The number of carbonyl (C=O) groups is 1. The van der Waals surface area contributed by atoms with E-state index in [1.165, 1.54) is 0 Å². The van der Waals surface area contributed by atoms with Crippen LogP contribution in [0.5, 0.6) is 0 Å². The highest BCUT2D eigenvalue weighted by molar-refractivity contribution is 5.97. The van der Waals surface area contributed by atoms with Crippen molar-refractivity contribution in [2.24, 2.45) is 0 Å². The third-order valence-corrected chi connectivity index (χ3v) is 6.57. The molecule has 1 fully saturated rings. The van der Waals surface area contributed by atoms with Crippen molar-refractivity contribution in [1.29, 1.82) is 5.26 Å². The van der Waals surface area contributed by atoms with E-state index in [1.54, 1.807) is 7.11 Å². The van der Waals surface area contributed by atoms with E-state index in [4.69, 9.17) is 9.72 Å². The molecule has 1 aromatic heterocycles. The van der Waals surface area contributed by atoms with E-state index >= 15 is 0 Å². The number of aromatic amines is 1. The Morgan fingerprint density at radius 1 is 1.18 bits per heavy atom. The van der Waals surface area contributed by atoms with Gasteiger partial charge in [-0.1, -0.05) is 24.3 Å². The summed E-state index contributed by atoms with van der Waals surface area (Å²) in [7, 11) is 1.65. The number of amides is 1. The van der Waals surface area contributed by atoms with Crippen LogP contribution >= 0.6 is 0 Å². The number of piperidine rings is 1. The Morgan fingerprint density at radius 2 is 1.91 bits per heavy atom. The largest absolute Gasteiger partial charge is 0.377 e. The minimum Gasteiger partial charge on any atom is -0.377 e. The number of hydrogen-bond acceptors (Lipinski definition) is 4. The van der Waals surface area contributed by atoms with Gasteiger partial charge in [0.1, 0.15) is 12.4 Å². The van der Waals surface area contributed by atoms with Gasteiger partial charge in [0.05, 0.1) is 17.3 Å². The minimum atomic E-state index is 0.0612. The van der Waals surface area contributed by atoms with E-state index in [-0.39, 0.29) is 5.91 Å². The number of aryl methyl sites for hydroxylation is 3. The first kappa shape index (κ1) is 22.8. The number of imidazole rings is 1. The number of nitrogens with one attached hydrogen (secondary N) is 1. The first-order valence-corrected chi connectivity index (χ1v) is 11.4. The molecule has 1 saturated heterocycles. The normalized spacial score (nSPS) is 14.3.